The van der Waals surface area contributed by atoms with Gasteiger partial charge in [0.05, 0.1) is 16.5 Å². The van der Waals surface area contributed by atoms with E-state index in [1.165, 1.54) is 16.6 Å². The summed E-state index contributed by atoms with van der Waals surface area (Å²) >= 11 is 6.24. The van der Waals surface area contributed by atoms with Crippen LogP contribution in [0.15, 0.2) is 65.8 Å². The van der Waals surface area contributed by atoms with Gasteiger partial charge in [0.15, 0.2) is 0 Å². The van der Waals surface area contributed by atoms with Crippen LogP contribution in [-0.2, 0) is 14.8 Å². The molecule has 2 aromatic carbocycles. The number of hydrogen-bond acceptors (Lipinski definition) is 5. The number of rotatable bonds is 6. The number of carbonyl (C=O) groups is 2. The smallest absolute Gasteiger partial charge is 0.251 e. The van der Waals surface area contributed by atoms with Crippen molar-refractivity contribution in [2.75, 3.05) is 19.6 Å². The zero-order chi connectivity index (χ0) is 22.7. The van der Waals surface area contributed by atoms with Crippen LogP contribution in [0.1, 0.15) is 16.8 Å². The first-order valence-corrected chi connectivity index (χ1v) is 11.8. The molecule has 1 aromatic heterocycles. The second-order valence-corrected chi connectivity index (χ2v) is 9.75. The van der Waals surface area contributed by atoms with Gasteiger partial charge in [0.1, 0.15) is 0 Å². The molecule has 1 atom stereocenters. The molecule has 2 heterocycles. The molecule has 1 fully saturated rings. The number of carbonyl (C=O) groups excluding carboxylic acids is 2. The normalized spacial score (nSPS) is 16.7. The van der Waals surface area contributed by atoms with Gasteiger partial charge in [0, 0.05) is 47.9 Å². The molecule has 8 nitrogen and oxygen atoms in total. The topological polar surface area (TPSA) is 108 Å². The lowest BCUT2D eigenvalue weighted by Crippen LogP contribution is -2.43. The minimum atomic E-state index is -3.82. The van der Waals surface area contributed by atoms with Crippen LogP contribution in [0, 0.1) is 0 Å². The number of aromatic nitrogens is 1. The van der Waals surface area contributed by atoms with E-state index in [2.05, 4.69) is 15.6 Å². The predicted octanol–water partition coefficient (Wildman–Crippen LogP) is 2.20. The van der Waals surface area contributed by atoms with Crippen LogP contribution in [0.3, 0.4) is 0 Å². The summed E-state index contributed by atoms with van der Waals surface area (Å²) in [6, 6.07) is 13.2. The second kappa shape index (κ2) is 9.23. The zero-order valence-corrected chi connectivity index (χ0v) is 18.6. The van der Waals surface area contributed by atoms with E-state index in [4.69, 9.17) is 11.6 Å². The fourth-order valence-corrected chi connectivity index (χ4v) is 5.77. The summed E-state index contributed by atoms with van der Waals surface area (Å²) in [4.78, 5) is 28.5. The molecule has 4 rings (SSSR count). The van der Waals surface area contributed by atoms with Crippen molar-refractivity contribution in [2.24, 2.45) is 0 Å². The van der Waals surface area contributed by atoms with Crippen molar-refractivity contribution < 1.29 is 18.0 Å². The lowest BCUT2D eigenvalue weighted by molar-refractivity contribution is -0.120. The third-order valence-electron chi connectivity index (χ3n) is 5.28. The van der Waals surface area contributed by atoms with Crippen LogP contribution in [-0.4, -0.2) is 55.2 Å². The molecule has 0 unspecified atom stereocenters. The number of fused-ring (bicyclic) bond motifs is 1. The first-order valence-electron chi connectivity index (χ1n) is 10.0. The number of amides is 2. The number of hydrogen-bond donors (Lipinski definition) is 2. The van der Waals surface area contributed by atoms with Gasteiger partial charge < -0.3 is 10.6 Å². The number of sulfonamides is 1. The molecule has 3 aromatic rings. The van der Waals surface area contributed by atoms with E-state index < -0.39 is 10.0 Å². The van der Waals surface area contributed by atoms with Crippen molar-refractivity contribution in [3.05, 3.63) is 71.5 Å². The minimum absolute atomic E-state index is 0.115. The van der Waals surface area contributed by atoms with Gasteiger partial charge in [-0.15, -0.1) is 0 Å². The number of pyridine rings is 1. The van der Waals surface area contributed by atoms with Gasteiger partial charge in [0.2, 0.25) is 15.9 Å². The SMILES string of the molecule is O=C(CNC(=O)c1ccccc1)N[C@@H]1CCN(S(=O)(=O)c2cccc3cncc(Cl)c23)C1. The van der Waals surface area contributed by atoms with Crippen LogP contribution < -0.4 is 10.6 Å². The Balaban J connectivity index is 1.39. The highest BCUT2D eigenvalue weighted by Gasteiger charge is 2.34. The summed E-state index contributed by atoms with van der Waals surface area (Å²) in [6.07, 6.45) is 3.45. The van der Waals surface area contributed by atoms with Crippen LogP contribution in [0.4, 0.5) is 0 Å². The van der Waals surface area contributed by atoms with E-state index in [0.717, 1.165) is 0 Å². The highest BCUT2D eigenvalue weighted by Crippen LogP contribution is 2.32. The van der Waals surface area contributed by atoms with E-state index in [-0.39, 0.29) is 47.4 Å². The van der Waals surface area contributed by atoms with Crippen LogP contribution in [0.5, 0.6) is 0 Å². The van der Waals surface area contributed by atoms with Crippen LogP contribution in [0.2, 0.25) is 5.02 Å². The summed E-state index contributed by atoms with van der Waals surface area (Å²) in [5.74, 6) is -0.725. The molecule has 10 heteroatoms. The standard InChI is InChI=1S/C22H21ClN4O4S/c23-18-12-24-11-16-7-4-8-19(21(16)18)32(30,31)27-10-9-17(14-27)26-20(28)13-25-22(29)15-5-2-1-3-6-15/h1-8,11-12,17H,9-10,13-14H2,(H,25,29)(H,26,28)/t17-/m1/s1. The zero-order valence-electron chi connectivity index (χ0n) is 17.0. The van der Waals surface area contributed by atoms with Gasteiger partial charge in [-0.25, -0.2) is 8.42 Å². The lowest BCUT2D eigenvalue weighted by atomic mass is 10.2. The molecule has 1 saturated heterocycles. The molecule has 0 spiro atoms. The number of benzene rings is 2. The molecule has 0 radical (unpaired) electrons. The largest absolute Gasteiger partial charge is 0.350 e. The Kier molecular flexibility index (Phi) is 6.40. The molecule has 1 aliphatic heterocycles. The third-order valence-corrected chi connectivity index (χ3v) is 7.47. The Bertz CT molecular complexity index is 1260. The maximum Gasteiger partial charge on any atom is 0.251 e. The molecular weight excluding hydrogens is 452 g/mol. The summed E-state index contributed by atoms with van der Waals surface area (Å²) in [6.45, 7) is 0.214. The summed E-state index contributed by atoms with van der Waals surface area (Å²) in [5, 5.41) is 6.69. The first-order chi connectivity index (χ1) is 15.4. The summed E-state index contributed by atoms with van der Waals surface area (Å²) in [5.41, 5.74) is 0.461. The minimum Gasteiger partial charge on any atom is -0.350 e. The van der Waals surface area contributed by atoms with E-state index in [1.54, 1.807) is 48.7 Å². The molecule has 2 N–H and O–H groups in total. The Morgan fingerprint density at radius 1 is 1.09 bits per heavy atom. The summed E-state index contributed by atoms with van der Waals surface area (Å²) in [7, 11) is -3.82. The third kappa shape index (κ3) is 4.59. The van der Waals surface area contributed by atoms with Gasteiger partial charge in [-0.1, -0.05) is 41.9 Å². The van der Waals surface area contributed by atoms with Crippen molar-refractivity contribution in [3.8, 4) is 0 Å². The average Bonchev–Trinajstić information content (AvgIpc) is 3.27. The highest BCUT2D eigenvalue weighted by molar-refractivity contribution is 7.89. The quantitative estimate of drug-likeness (QED) is 0.571. The van der Waals surface area contributed by atoms with Crippen molar-refractivity contribution in [1.82, 2.24) is 19.9 Å². The van der Waals surface area contributed by atoms with Gasteiger partial charge in [-0.3, -0.25) is 14.6 Å². The van der Waals surface area contributed by atoms with Crippen LogP contribution >= 0.6 is 11.6 Å². The van der Waals surface area contributed by atoms with E-state index >= 15 is 0 Å². The molecular formula is C22H21ClN4O4S. The van der Waals surface area contributed by atoms with Gasteiger partial charge >= 0.3 is 0 Å². The van der Waals surface area contributed by atoms with E-state index in [1.807, 2.05) is 0 Å². The fourth-order valence-electron chi connectivity index (χ4n) is 3.71. The van der Waals surface area contributed by atoms with Gasteiger partial charge in [-0.2, -0.15) is 4.31 Å². The molecule has 2 amide bonds. The second-order valence-electron chi connectivity index (χ2n) is 7.44. The maximum absolute atomic E-state index is 13.3. The highest BCUT2D eigenvalue weighted by atomic mass is 35.5. The van der Waals surface area contributed by atoms with Crippen LogP contribution in [0.25, 0.3) is 10.8 Å². The number of halogens is 1. The fraction of sp³-hybridized carbons (Fsp3) is 0.227. The van der Waals surface area contributed by atoms with Crippen molar-refractivity contribution >= 4 is 44.2 Å². The monoisotopic (exact) mass is 472 g/mol. The molecule has 0 saturated carbocycles. The molecule has 1 aliphatic rings. The lowest BCUT2D eigenvalue weighted by Gasteiger charge is -2.19. The van der Waals surface area contributed by atoms with Gasteiger partial charge in [-0.05, 0) is 24.6 Å². The number of nitrogens with one attached hydrogen (secondary N) is 2. The Hall–Kier alpha value is -3.01. The molecule has 0 bridgehead atoms. The Morgan fingerprint density at radius 2 is 1.88 bits per heavy atom. The summed E-state index contributed by atoms with van der Waals surface area (Å²) < 4.78 is 27.9. The van der Waals surface area contributed by atoms with E-state index in [9.17, 15) is 18.0 Å². The van der Waals surface area contributed by atoms with Crippen molar-refractivity contribution in [1.29, 1.82) is 0 Å². The molecule has 0 aliphatic carbocycles. The maximum atomic E-state index is 13.3. The Labute approximate surface area is 190 Å². The molecule has 166 valence electrons. The number of nitrogens with zero attached hydrogens (tertiary/aromatic N) is 2. The van der Waals surface area contributed by atoms with Crippen molar-refractivity contribution in [2.45, 2.75) is 17.4 Å². The van der Waals surface area contributed by atoms with Crippen molar-refractivity contribution in [3.63, 3.8) is 0 Å². The van der Waals surface area contributed by atoms with E-state index in [0.29, 0.717) is 22.8 Å². The average molecular weight is 473 g/mol. The molecule has 32 heavy (non-hydrogen) atoms. The first kappa shape index (κ1) is 22.2. The predicted molar refractivity (Wildman–Crippen MR) is 121 cm³/mol. The Morgan fingerprint density at radius 3 is 2.66 bits per heavy atom. The van der Waals surface area contributed by atoms with Gasteiger partial charge in [0.25, 0.3) is 5.91 Å².